The number of thiophene rings is 1. The summed E-state index contributed by atoms with van der Waals surface area (Å²) in [6, 6.07) is 3.59. The molecule has 0 amide bonds. The molecule has 10 heteroatoms. The summed E-state index contributed by atoms with van der Waals surface area (Å²) < 4.78 is 7.33. The number of H-pyrrole nitrogens is 1. The van der Waals surface area contributed by atoms with Gasteiger partial charge in [-0.3, -0.25) is 14.3 Å². The van der Waals surface area contributed by atoms with Gasteiger partial charge in [-0.2, -0.15) is 0 Å². The number of hydrogen-bond acceptors (Lipinski definition) is 7. The molecule has 4 N–H and O–H groups in total. The van der Waals surface area contributed by atoms with Crippen LogP contribution in [0.2, 0.25) is 0 Å². The molecule has 2 aromatic heterocycles. The molecule has 1 fully saturated rings. The SMILES string of the molecule is O=c1[nH]c(=O)n([C@@H]2O[C@H](CO)[C@@H](O)[C@H]2O)cc1-c1ccc(I)s1. The predicted molar refractivity (Wildman–Crippen MR) is 90.4 cm³/mol. The van der Waals surface area contributed by atoms with Gasteiger partial charge in [0.2, 0.25) is 0 Å². The van der Waals surface area contributed by atoms with E-state index >= 15 is 0 Å². The lowest BCUT2D eigenvalue weighted by atomic mass is 10.1. The molecule has 124 valence electrons. The van der Waals surface area contributed by atoms with Crippen LogP contribution in [0.1, 0.15) is 6.23 Å². The molecular weight excluding hydrogens is 439 g/mol. The lowest BCUT2D eigenvalue weighted by molar-refractivity contribution is -0.0549. The van der Waals surface area contributed by atoms with Gasteiger partial charge >= 0.3 is 5.69 Å². The van der Waals surface area contributed by atoms with E-state index in [1.54, 1.807) is 6.07 Å². The van der Waals surface area contributed by atoms with Crippen LogP contribution in [-0.4, -0.2) is 49.8 Å². The van der Waals surface area contributed by atoms with Gasteiger partial charge in [-0.25, -0.2) is 4.79 Å². The summed E-state index contributed by atoms with van der Waals surface area (Å²) in [7, 11) is 0. The normalized spacial score (nSPS) is 27.5. The van der Waals surface area contributed by atoms with Gasteiger partial charge in [0.25, 0.3) is 5.56 Å². The average molecular weight is 452 g/mol. The Balaban J connectivity index is 2.07. The Bertz CT molecular complexity index is 830. The van der Waals surface area contributed by atoms with Gasteiger partial charge in [-0.1, -0.05) is 0 Å². The molecule has 1 aliphatic rings. The van der Waals surface area contributed by atoms with Gasteiger partial charge in [0.1, 0.15) is 18.3 Å². The van der Waals surface area contributed by atoms with E-state index in [1.807, 2.05) is 6.07 Å². The first kappa shape index (κ1) is 16.8. The van der Waals surface area contributed by atoms with E-state index in [1.165, 1.54) is 17.5 Å². The maximum Gasteiger partial charge on any atom is 0.330 e. The molecule has 0 aromatic carbocycles. The van der Waals surface area contributed by atoms with E-state index < -0.39 is 42.4 Å². The lowest BCUT2D eigenvalue weighted by Gasteiger charge is -2.17. The maximum absolute atomic E-state index is 12.0. The third kappa shape index (κ3) is 3.02. The van der Waals surface area contributed by atoms with Crippen molar-refractivity contribution in [1.29, 1.82) is 0 Å². The lowest BCUT2D eigenvalue weighted by Crippen LogP contribution is -2.38. The molecule has 0 saturated carbocycles. The van der Waals surface area contributed by atoms with Crippen LogP contribution in [0.4, 0.5) is 0 Å². The van der Waals surface area contributed by atoms with Gasteiger partial charge in [-0.15, -0.1) is 11.3 Å². The zero-order valence-electron chi connectivity index (χ0n) is 11.5. The van der Waals surface area contributed by atoms with Crippen molar-refractivity contribution in [3.05, 3.63) is 42.1 Å². The van der Waals surface area contributed by atoms with Crippen molar-refractivity contribution in [2.45, 2.75) is 24.5 Å². The highest BCUT2D eigenvalue weighted by molar-refractivity contribution is 14.1. The largest absolute Gasteiger partial charge is 0.394 e. The van der Waals surface area contributed by atoms with Crippen molar-refractivity contribution in [3.63, 3.8) is 0 Å². The molecule has 3 rings (SSSR count). The van der Waals surface area contributed by atoms with Crippen molar-refractivity contribution in [2.75, 3.05) is 6.61 Å². The second kappa shape index (κ2) is 6.45. The first-order valence-corrected chi connectivity index (χ1v) is 8.55. The van der Waals surface area contributed by atoms with E-state index in [0.29, 0.717) is 4.88 Å². The summed E-state index contributed by atoms with van der Waals surface area (Å²) in [5, 5.41) is 29.0. The molecule has 0 bridgehead atoms. The summed E-state index contributed by atoms with van der Waals surface area (Å²) in [6.45, 7) is -0.497. The highest BCUT2D eigenvalue weighted by Crippen LogP contribution is 2.30. The van der Waals surface area contributed by atoms with Crippen molar-refractivity contribution in [2.24, 2.45) is 0 Å². The van der Waals surface area contributed by atoms with Crippen LogP contribution < -0.4 is 11.2 Å². The zero-order valence-corrected chi connectivity index (χ0v) is 14.5. The molecule has 1 aliphatic heterocycles. The van der Waals surface area contributed by atoms with Crippen LogP contribution in [-0.2, 0) is 4.74 Å². The minimum Gasteiger partial charge on any atom is -0.394 e. The van der Waals surface area contributed by atoms with E-state index in [2.05, 4.69) is 27.6 Å². The molecular formula is C13H13IN2O6S. The number of nitrogens with zero attached hydrogens (tertiary/aromatic N) is 1. The summed E-state index contributed by atoms with van der Waals surface area (Å²) >= 11 is 3.50. The Morgan fingerprint density at radius 3 is 2.61 bits per heavy atom. The highest BCUT2D eigenvalue weighted by atomic mass is 127. The van der Waals surface area contributed by atoms with E-state index in [9.17, 15) is 19.8 Å². The summed E-state index contributed by atoms with van der Waals surface area (Å²) in [4.78, 5) is 26.9. The number of nitrogens with one attached hydrogen (secondary N) is 1. The molecule has 0 spiro atoms. The van der Waals surface area contributed by atoms with Crippen LogP contribution in [0.3, 0.4) is 0 Å². The van der Waals surface area contributed by atoms with Crippen LogP contribution in [0, 0.1) is 2.88 Å². The van der Waals surface area contributed by atoms with Crippen LogP contribution in [0.25, 0.3) is 10.4 Å². The Morgan fingerprint density at radius 1 is 1.30 bits per heavy atom. The van der Waals surface area contributed by atoms with Crippen molar-refractivity contribution >= 4 is 33.9 Å². The number of hydrogen-bond donors (Lipinski definition) is 4. The number of halogens is 1. The first-order chi connectivity index (χ1) is 10.9. The molecule has 23 heavy (non-hydrogen) atoms. The predicted octanol–water partition coefficient (Wildman–Crippen LogP) is -0.519. The number of aromatic amines is 1. The fourth-order valence-electron chi connectivity index (χ4n) is 2.42. The molecule has 3 heterocycles. The van der Waals surface area contributed by atoms with E-state index in [-0.39, 0.29) is 5.56 Å². The van der Waals surface area contributed by atoms with Gasteiger partial charge in [0.15, 0.2) is 6.23 Å². The van der Waals surface area contributed by atoms with Crippen molar-refractivity contribution < 1.29 is 20.1 Å². The first-order valence-electron chi connectivity index (χ1n) is 6.66. The van der Waals surface area contributed by atoms with Gasteiger partial charge in [0.05, 0.1) is 15.1 Å². The topological polar surface area (TPSA) is 125 Å². The Hall–Kier alpha value is -1.05. The van der Waals surface area contributed by atoms with Crippen LogP contribution >= 0.6 is 33.9 Å². The number of rotatable bonds is 3. The second-order valence-electron chi connectivity index (χ2n) is 5.04. The highest BCUT2D eigenvalue weighted by Gasteiger charge is 2.43. The standard InChI is InChI=1S/C13H13IN2O6S/c14-8-2-1-7(23-8)5-3-16(13(21)15-11(5)20)12-10(19)9(18)6(4-17)22-12/h1-3,6,9-10,12,17-19H,4H2,(H,15,20,21)/t6-,9-,10-,12-/m1/s1. The van der Waals surface area contributed by atoms with Gasteiger partial charge in [-0.05, 0) is 34.7 Å². The van der Waals surface area contributed by atoms with Gasteiger partial charge < -0.3 is 20.1 Å². The van der Waals surface area contributed by atoms with Crippen LogP contribution in [0.5, 0.6) is 0 Å². The molecule has 2 aromatic rings. The third-order valence-electron chi connectivity index (χ3n) is 3.60. The quantitative estimate of drug-likeness (QED) is 0.465. The zero-order chi connectivity index (χ0) is 16.7. The number of aliphatic hydroxyl groups is 3. The minimum atomic E-state index is -1.40. The minimum absolute atomic E-state index is 0.259. The number of ether oxygens (including phenoxy) is 1. The smallest absolute Gasteiger partial charge is 0.330 e. The van der Waals surface area contributed by atoms with E-state index in [0.717, 1.165) is 7.45 Å². The fourth-order valence-corrected chi connectivity index (χ4v) is 4.05. The molecule has 0 aliphatic carbocycles. The monoisotopic (exact) mass is 452 g/mol. The number of aliphatic hydroxyl groups excluding tert-OH is 3. The van der Waals surface area contributed by atoms with Crippen molar-refractivity contribution in [1.82, 2.24) is 9.55 Å². The summed E-state index contributed by atoms with van der Waals surface area (Å²) in [6.07, 6.45) is -3.62. The molecule has 0 unspecified atom stereocenters. The van der Waals surface area contributed by atoms with E-state index in [4.69, 9.17) is 9.84 Å². The Labute approximate surface area is 147 Å². The third-order valence-corrected chi connectivity index (χ3v) is 5.52. The van der Waals surface area contributed by atoms with Gasteiger partial charge in [0, 0.05) is 11.1 Å². The fraction of sp³-hybridized carbons (Fsp3) is 0.385. The summed E-state index contributed by atoms with van der Waals surface area (Å²) in [5.74, 6) is 0. The molecule has 0 radical (unpaired) electrons. The summed E-state index contributed by atoms with van der Waals surface area (Å²) in [5.41, 5.74) is -1.05. The maximum atomic E-state index is 12.0. The van der Waals surface area contributed by atoms with Crippen molar-refractivity contribution in [3.8, 4) is 10.4 Å². The Morgan fingerprint density at radius 2 is 2.04 bits per heavy atom. The Kier molecular flexibility index (Phi) is 4.71. The molecule has 8 nitrogen and oxygen atoms in total. The average Bonchev–Trinajstić information content (AvgIpc) is 3.05. The van der Waals surface area contributed by atoms with Crippen LogP contribution in [0.15, 0.2) is 27.9 Å². The molecule has 1 saturated heterocycles. The second-order valence-corrected chi connectivity index (χ2v) is 8.02. The number of aromatic nitrogens is 2. The molecule has 4 atom stereocenters.